The van der Waals surface area contributed by atoms with Gasteiger partial charge in [0.15, 0.2) is 0 Å². The van der Waals surface area contributed by atoms with E-state index in [0.717, 1.165) is 34.5 Å². The predicted octanol–water partition coefficient (Wildman–Crippen LogP) is 2.82. The number of hydrogen-bond acceptors (Lipinski definition) is 5. The summed E-state index contributed by atoms with van der Waals surface area (Å²) in [5.41, 5.74) is 2.23. The van der Waals surface area contributed by atoms with Gasteiger partial charge >= 0.3 is 0 Å². The van der Waals surface area contributed by atoms with Gasteiger partial charge in [-0.05, 0) is 22.0 Å². The van der Waals surface area contributed by atoms with Crippen molar-refractivity contribution in [2.45, 2.75) is 6.42 Å². The third-order valence-electron chi connectivity index (χ3n) is 3.46. The number of nitrogens with one attached hydrogen (secondary N) is 2. The van der Waals surface area contributed by atoms with Crippen molar-refractivity contribution in [1.29, 1.82) is 0 Å². The summed E-state index contributed by atoms with van der Waals surface area (Å²) in [6.07, 6.45) is 2.55. The Labute approximate surface area is 137 Å². The predicted molar refractivity (Wildman–Crippen MR) is 92.2 cm³/mol. The molecule has 3 aromatic rings. The number of aryl methyl sites for hydroxylation is 1. The van der Waals surface area contributed by atoms with Crippen LogP contribution in [0, 0.1) is 0 Å². The van der Waals surface area contributed by atoms with Crippen LogP contribution in [0.3, 0.4) is 0 Å². The fourth-order valence-corrected chi connectivity index (χ4v) is 2.78. The zero-order chi connectivity index (χ0) is 15.5. The van der Waals surface area contributed by atoms with Crippen molar-refractivity contribution in [2.75, 3.05) is 24.2 Å². The van der Waals surface area contributed by atoms with Crippen LogP contribution in [-0.4, -0.2) is 33.3 Å². The molecule has 114 valence electrons. The van der Waals surface area contributed by atoms with Gasteiger partial charge in [0.05, 0.1) is 15.7 Å². The number of fused-ring (bicyclic) bond motifs is 1. The van der Waals surface area contributed by atoms with E-state index in [9.17, 15) is 0 Å². The zero-order valence-electron chi connectivity index (χ0n) is 12.5. The van der Waals surface area contributed by atoms with Crippen LogP contribution < -0.4 is 10.6 Å². The summed E-state index contributed by atoms with van der Waals surface area (Å²) in [6.45, 7) is 0.728. The van der Waals surface area contributed by atoms with Gasteiger partial charge in [-0.3, -0.25) is 4.68 Å². The first-order valence-corrected chi connectivity index (χ1v) is 7.83. The molecule has 0 atom stereocenters. The summed E-state index contributed by atoms with van der Waals surface area (Å²) in [4.78, 5) is 8.63. The number of nitrogens with zero attached hydrogens (tertiary/aromatic N) is 4. The minimum absolute atomic E-state index is 0.604. The zero-order valence-corrected chi connectivity index (χ0v) is 14.1. The number of benzene rings is 1. The molecule has 6 nitrogen and oxygen atoms in total. The van der Waals surface area contributed by atoms with E-state index in [1.807, 2.05) is 30.9 Å². The summed E-state index contributed by atoms with van der Waals surface area (Å²) in [5, 5.41) is 12.0. The normalized spacial score (nSPS) is 10.9. The summed E-state index contributed by atoms with van der Waals surface area (Å²) in [7, 11) is 3.80. The molecule has 0 amide bonds. The molecule has 0 saturated carbocycles. The van der Waals surface area contributed by atoms with E-state index >= 15 is 0 Å². The van der Waals surface area contributed by atoms with Gasteiger partial charge in [0, 0.05) is 38.6 Å². The van der Waals surface area contributed by atoms with E-state index in [2.05, 4.69) is 53.8 Å². The third-order valence-corrected chi connectivity index (χ3v) is 4.04. The molecule has 0 spiro atoms. The van der Waals surface area contributed by atoms with Crippen LogP contribution in [0.15, 0.2) is 34.9 Å². The summed E-state index contributed by atoms with van der Waals surface area (Å²) in [6, 6.07) is 8.25. The van der Waals surface area contributed by atoms with Gasteiger partial charge in [0.25, 0.3) is 0 Å². The second kappa shape index (κ2) is 6.31. The van der Waals surface area contributed by atoms with Crippen LogP contribution in [-0.2, 0) is 13.5 Å². The Balaban J connectivity index is 1.70. The van der Waals surface area contributed by atoms with Crippen molar-refractivity contribution in [1.82, 2.24) is 19.7 Å². The Hall–Kier alpha value is -2.15. The maximum atomic E-state index is 4.58. The molecule has 1 aromatic carbocycles. The Morgan fingerprint density at radius 1 is 1.27 bits per heavy atom. The smallest absolute Gasteiger partial charge is 0.224 e. The molecule has 0 fully saturated rings. The van der Waals surface area contributed by atoms with E-state index in [4.69, 9.17) is 0 Å². The highest BCUT2D eigenvalue weighted by Crippen LogP contribution is 2.20. The quantitative estimate of drug-likeness (QED) is 0.732. The Morgan fingerprint density at radius 2 is 2.09 bits per heavy atom. The largest absolute Gasteiger partial charge is 0.372 e. The molecule has 7 heteroatoms. The molecular formula is C15H17BrN6. The Morgan fingerprint density at radius 3 is 2.91 bits per heavy atom. The summed E-state index contributed by atoms with van der Waals surface area (Å²) < 4.78 is 2.76. The number of aromatic nitrogens is 4. The second-order valence-electron chi connectivity index (χ2n) is 4.90. The number of anilines is 2. The maximum absolute atomic E-state index is 4.58. The molecule has 0 bridgehead atoms. The lowest BCUT2D eigenvalue weighted by Gasteiger charge is -2.07. The van der Waals surface area contributed by atoms with E-state index in [0.29, 0.717) is 5.95 Å². The molecule has 2 N–H and O–H groups in total. The molecular weight excluding hydrogens is 344 g/mol. The van der Waals surface area contributed by atoms with Gasteiger partial charge in [0.1, 0.15) is 5.82 Å². The standard InChI is InChI=1S/C15H17BrN6/c1-17-14-11(16)9-19-15(20-14)18-8-7-12-10-5-3-4-6-13(10)22(2)21-12/h3-6,9H,7-8H2,1-2H3,(H2,17,18,19,20). The first kappa shape index (κ1) is 14.8. The fourth-order valence-electron chi connectivity index (χ4n) is 2.39. The van der Waals surface area contributed by atoms with Crippen LogP contribution in [0.4, 0.5) is 11.8 Å². The fraction of sp³-hybridized carbons (Fsp3) is 0.267. The highest BCUT2D eigenvalue weighted by atomic mass is 79.9. The molecule has 22 heavy (non-hydrogen) atoms. The molecule has 3 rings (SSSR count). The highest BCUT2D eigenvalue weighted by molar-refractivity contribution is 9.10. The van der Waals surface area contributed by atoms with Crippen LogP contribution in [0.2, 0.25) is 0 Å². The molecule has 2 aromatic heterocycles. The van der Waals surface area contributed by atoms with Gasteiger partial charge in [0.2, 0.25) is 5.95 Å². The topological polar surface area (TPSA) is 67.7 Å². The molecule has 0 aliphatic carbocycles. The van der Waals surface area contributed by atoms with Crippen molar-refractivity contribution in [3.8, 4) is 0 Å². The third kappa shape index (κ3) is 2.89. The van der Waals surface area contributed by atoms with Crippen LogP contribution in [0.5, 0.6) is 0 Å². The lowest BCUT2D eigenvalue weighted by molar-refractivity contribution is 0.764. The van der Waals surface area contributed by atoms with E-state index in [1.165, 1.54) is 5.39 Å². The number of halogens is 1. The summed E-state index contributed by atoms with van der Waals surface area (Å²) >= 11 is 3.40. The number of para-hydroxylation sites is 1. The maximum Gasteiger partial charge on any atom is 0.224 e. The minimum atomic E-state index is 0.604. The van der Waals surface area contributed by atoms with Crippen LogP contribution in [0.1, 0.15) is 5.69 Å². The van der Waals surface area contributed by atoms with Gasteiger partial charge in [-0.1, -0.05) is 18.2 Å². The number of rotatable bonds is 5. The highest BCUT2D eigenvalue weighted by Gasteiger charge is 2.08. The number of hydrogen-bond donors (Lipinski definition) is 2. The Kier molecular flexibility index (Phi) is 4.24. The average molecular weight is 361 g/mol. The first-order valence-electron chi connectivity index (χ1n) is 7.04. The van der Waals surface area contributed by atoms with Crippen LogP contribution >= 0.6 is 15.9 Å². The first-order chi connectivity index (χ1) is 10.7. The molecule has 0 radical (unpaired) electrons. The van der Waals surface area contributed by atoms with Crippen LogP contribution in [0.25, 0.3) is 10.9 Å². The van der Waals surface area contributed by atoms with Gasteiger partial charge in [-0.15, -0.1) is 0 Å². The van der Waals surface area contributed by atoms with Crippen molar-refractivity contribution in [3.05, 3.63) is 40.6 Å². The van der Waals surface area contributed by atoms with Crippen molar-refractivity contribution in [2.24, 2.45) is 7.05 Å². The average Bonchev–Trinajstić information content (AvgIpc) is 2.86. The van der Waals surface area contributed by atoms with Crippen molar-refractivity contribution < 1.29 is 0 Å². The Bertz CT molecular complexity index is 798. The van der Waals surface area contributed by atoms with Gasteiger partial charge < -0.3 is 10.6 Å². The molecule has 0 unspecified atom stereocenters. The van der Waals surface area contributed by atoms with E-state index in [-0.39, 0.29) is 0 Å². The minimum Gasteiger partial charge on any atom is -0.372 e. The molecule has 0 saturated heterocycles. The van der Waals surface area contributed by atoms with Gasteiger partial charge in [-0.25, -0.2) is 4.98 Å². The van der Waals surface area contributed by atoms with Gasteiger partial charge in [-0.2, -0.15) is 10.1 Å². The van der Waals surface area contributed by atoms with E-state index in [1.54, 1.807) is 6.20 Å². The van der Waals surface area contributed by atoms with Crippen molar-refractivity contribution >= 4 is 38.6 Å². The molecule has 0 aliphatic rings. The second-order valence-corrected chi connectivity index (χ2v) is 5.76. The molecule has 0 aliphatic heterocycles. The van der Waals surface area contributed by atoms with E-state index < -0.39 is 0 Å². The summed E-state index contributed by atoms with van der Waals surface area (Å²) in [5.74, 6) is 1.37. The lowest BCUT2D eigenvalue weighted by Crippen LogP contribution is -2.09. The monoisotopic (exact) mass is 360 g/mol. The lowest BCUT2D eigenvalue weighted by atomic mass is 10.2. The SMILES string of the molecule is CNc1nc(NCCc2nn(C)c3ccccc23)ncc1Br. The van der Waals surface area contributed by atoms with Crippen molar-refractivity contribution in [3.63, 3.8) is 0 Å². The molecule has 2 heterocycles.